The van der Waals surface area contributed by atoms with Gasteiger partial charge in [0.15, 0.2) is 11.4 Å². The number of nitro benzene ring substituents is 1. The summed E-state index contributed by atoms with van der Waals surface area (Å²) >= 11 is 0. The molecular formula is C50H56N8O9S. The minimum Gasteiger partial charge on any atom is -0.489 e. The highest BCUT2D eigenvalue weighted by molar-refractivity contribution is 7.90. The largest absolute Gasteiger partial charge is 0.489 e. The molecule has 356 valence electrons. The molecule has 1 amide bonds. The fourth-order valence-corrected chi connectivity index (χ4v) is 13.3. The average molecular weight is 945 g/mol. The summed E-state index contributed by atoms with van der Waals surface area (Å²) < 4.78 is 54.7. The number of H-pyrrole nitrogens is 1. The minimum atomic E-state index is -4.68. The number of carbonyl (C=O) groups excluding carboxylic acids is 1. The van der Waals surface area contributed by atoms with Crippen molar-refractivity contribution in [1.29, 1.82) is 0 Å². The number of rotatable bonds is 10. The molecule has 2 aromatic heterocycles. The predicted molar refractivity (Wildman–Crippen MR) is 255 cm³/mol. The topological polar surface area (TPSA) is 194 Å². The van der Waals surface area contributed by atoms with Crippen LogP contribution >= 0.6 is 0 Å². The number of nitrogens with one attached hydrogen (secondary N) is 3. The zero-order valence-electron chi connectivity index (χ0n) is 38.2. The van der Waals surface area contributed by atoms with Crippen molar-refractivity contribution in [2.75, 3.05) is 67.8 Å². The van der Waals surface area contributed by atoms with Gasteiger partial charge >= 0.3 is 0 Å². The van der Waals surface area contributed by atoms with Gasteiger partial charge < -0.3 is 39.0 Å². The zero-order chi connectivity index (χ0) is 46.5. The summed E-state index contributed by atoms with van der Waals surface area (Å²) in [6, 6.07) is 21.0. The van der Waals surface area contributed by atoms with Crippen LogP contribution in [-0.2, 0) is 19.5 Å². The Hall–Kier alpha value is -5.95. The van der Waals surface area contributed by atoms with Gasteiger partial charge in [0.05, 0.1) is 46.4 Å². The van der Waals surface area contributed by atoms with E-state index in [0.29, 0.717) is 67.3 Å². The monoisotopic (exact) mass is 944 g/mol. The third-order valence-corrected chi connectivity index (χ3v) is 17.0. The van der Waals surface area contributed by atoms with E-state index in [4.69, 9.17) is 23.9 Å². The summed E-state index contributed by atoms with van der Waals surface area (Å²) in [7, 11) is -4.68. The van der Waals surface area contributed by atoms with Gasteiger partial charge in [-0.3, -0.25) is 19.8 Å². The highest BCUT2D eigenvalue weighted by Gasteiger charge is 2.55. The van der Waals surface area contributed by atoms with E-state index in [1.165, 1.54) is 30.0 Å². The molecule has 6 aliphatic heterocycles. The molecule has 3 aromatic carbocycles. The maximum Gasteiger partial charge on any atom is 0.297 e. The number of anilines is 4. The Morgan fingerprint density at radius 3 is 2.60 bits per heavy atom. The molecule has 7 aliphatic rings. The van der Waals surface area contributed by atoms with Crippen LogP contribution in [0, 0.1) is 21.4 Å². The lowest BCUT2D eigenvalue weighted by atomic mass is 9.60. The van der Waals surface area contributed by atoms with Crippen LogP contribution in [-0.4, -0.2) is 111 Å². The number of nitro groups is 1. The number of hydrogen-bond acceptors (Lipinski definition) is 14. The Morgan fingerprint density at radius 2 is 1.79 bits per heavy atom. The molecule has 4 saturated heterocycles. The number of pyridine rings is 1. The first-order valence-electron chi connectivity index (χ1n) is 24.0. The van der Waals surface area contributed by atoms with Crippen LogP contribution in [0.3, 0.4) is 0 Å². The summed E-state index contributed by atoms with van der Waals surface area (Å²) in [5, 5.41) is 16.6. The van der Waals surface area contributed by atoms with E-state index in [9.17, 15) is 23.3 Å². The lowest BCUT2D eigenvalue weighted by Gasteiger charge is -2.62. The SMILES string of the molecule is CC(C)c1ccccc1[C@@H]1CCCN1C1CC2(C1)CN(c1ccc(C(=O)NS(=O)(=O)c3cc4c(c([N+](=O)[O-])c3)N[C@@H](C3CCOCC3)CO4)c(N3c4cc5cc[nH]c5nc4O[C@@H]4COC[C@H]43)c1)C2. The van der Waals surface area contributed by atoms with E-state index < -0.39 is 37.5 Å². The first-order valence-corrected chi connectivity index (χ1v) is 25.5. The number of amides is 1. The van der Waals surface area contributed by atoms with Crippen LogP contribution in [0.15, 0.2) is 77.8 Å². The van der Waals surface area contributed by atoms with Crippen molar-refractivity contribution >= 4 is 55.4 Å². The Balaban J connectivity index is 0.842. The lowest BCUT2D eigenvalue weighted by molar-refractivity contribution is -0.384. The van der Waals surface area contributed by atoms with E-state index >= 15 is 0 Å². The number of hydrogen-bond donors (Lipinski definition) is 3. The standard InChI is InChI=1S/C50H56N8O9S/c1-29(2)35-6-3-4-7-36(35)39-8-5-15-56(39)33-22-50(23-33)27-55(28-50)32-9-10-37(40(19-32)57-42-18-31-11-14-51-47(31)53-49(42)67-45-26-65-25-43(45)57)48(59)54-68(62,63)34-20-41(58(60)61)46-44(21-34)66-24-38(52-46)30-12-16-64-17-13-30/h3-4,6-7,9-11,14,18-21,29-30,33,38-39,43,45,52H,5,8,12-13,15-17,22-28H2,1-2H3,(H,51,53)(H,54,59)/t38-,39+,43-,45-/m1/s1. The molecule has 0 unspecified atom stereocenters. The number of aromatic amines is 1. The van der Waals surface area contributed by atoms with Crippen LogP contribution in [0.2, 0.25) is 0 Å². The molecule has 0 radical (unpaired) electrons. The van der Waals surface area contributed by atoms with Gasteiger partial charge in [-0.05, 0) is 98.4 Å². The van der Waals surface area contributed by atoms with Crippen molar-refractivity contribution in [1.82, 2.24) is 19.6 Å². The Morgan fingerprint density at radius 1 is 0.971 bits per heavy atom. The second-order valence-corrected chi connectivity index (χ2v) is 21.9. The Labute approximate surface area is 394 Å². The third-order valence-electron chi connectivity index (χ3n) is 15.7. The molecule has 1 saturated carbocycles. The van der Waals surface area contributed by atoms with E-state index in [2.05, 4.69) is 62.9 Å². The number of aromatic nitrogens is 2. The van der Waals surface area contributed by atoms with Crippen LogP contribution in [0.25, 0.3) is 11.0 Å². The van der Waals surface area contributed by atoms with Crippen molar-refractivity contribution < 1.29 is 37.1 Å². The van der Waals surface area contributed by atoms with Gasteiger partial charge in [0.2, 0.25) is 5.88 Å². The van der Waals surface area contributed by atoms with Gasteiger partial charge in [0, 0.05) is 73.2 Å². The third kappa shape index (κ3) is 7.41. The van der Waals surface area contributed by atoms with Gasteiger partial charge in [-0.2, -0.15) is 4.98 Å². The van der Waals surface area contributed by atoms with Crippen molar-refractivity contribution in [3.8, 4) is 11.6 Å². The highest BCUT2D eigenvalue weighted by atomic mass is 32.2. The summed E-state index contributed by atoms with van der Waals surface area (Å²) in [4.78, 5) is 41.1. The fourth-order valence-electron chi connectivity index (χ4n) is 12.3. The van der Waals surface area contributed by atoms with Crippen LogP contribution in [0.5, 0.6) is 11.6 Å². The van der Waals surface area contributed by atoms with Gasteiger partial charge in [-0.25, -0.2) is 13.1 Å². The van der Waals surface area contributed by atoms with Crippen LogP contribution in [0.4, 0.5) is 28.4 Å². The van der Waals surface area contributed by atoms with E-state index in [1.54, 1.807) is 12.3 Å². The Bertz CT molecular complexity index is 2920. The van der Waals surface area contributed by atoms with Crippen LogP contribution in [0.1, 0.15) is 85.8 Å². The minimum absolute atomic E-state index is 0.0305. The summed E-state index contributed by atoms with van der Waals surface area (Å²) in [5.74, 6) is 0.145. The van der Waals surface area contributed by atoms with Crippen molar-refractivity contribution in [3.05, 3.63) is 99.7 Å². The van der Waals surface area contributed by atoms with Crippen molar-refractivity contribution in [2.45, 2.75) is 93.5 Å². The molecule has 0 bridgehead atoms. The van der Waals surface area contributed by atoms with Gasteiger partial charge in [-0.1, -0.05) is 38.1 Å². The lowest BCUT2D eigenvalue weighted by Crippen LogP contribution is -2.66. The first-order chi connectivity index (χ1) is 32.9. The van der Waals surface area contributed by atoms with Crippen molar-refractivity contribution in [2.24, 2.45) is 11.3 Å². The fraction of sp³-hybridized carbons (Fsp3) is 0.480. The van der Waals surface area contributed by atoms with Crippen molar-refractivity contribution in [3.63, 3.8) is 0 Å². The molecule has 12 rings (SSSR count). The van der Waals surface area contributed by atoms with E-state index in [0.717, 1.165) is 62.5 Å². The van der Waals surface area contributed by atoms with E-state index in [-0.39, 0.29) is 47.0 Å². The maximum atomic E-state index is 14.7. The summed E-state index contributed by atoms with van der Waals surface area (Å²) in [6.07, 6.45) is 7.58. The number of carbonyl (C=O) groups is 1. The summed E-state index contributed by atoms with van der Waals surface area (Å²) in [5.41, 5.74) is 5.50. The molecule has 8 heterocycles. The van der Waals surface area contributed by atoms with Crippen LogP contribution < -0.4 is 29.3 Å². The zero-order valence-corrected chi connectivity index (χ0v) is 39.0. The molecule has 1 aliphatic carbocycles. The van der Waals surface area contributed by atoms with Gasteiger partial charge in [-0.15, -0.1) is 0 Å². The molecule has 5 aromatic rings. The number of sulfonamides is 1. The Kier molecular flexibility index (Phi) is 10.6. The number of fused-ring (bicyclic) bond motifs is 4. The first kappa shape index (κ1) is 43.3. The average Bonchev–Trinajstić information content (AvgIpc) is 4.11. The second-order valence-electron chi connectivity index (χ2n) is 20.2. The molecule has 3 N–H and O–H groups in total. The number of likely N-dealkylation sites (tertiary alicyclic amines) is 1. The normalized spacial score (nSPS) is 24.6. The maximum absolute atomic E-state index is 14.7. The smallest absolute Gasteiger partial charge is 0.297 e. The predicted octanol–water partition coefficient (Wildman–Crippen LogP) is 7.42. The molecule has 1 spiro atoms. The number of nitrogens with zero attached hydrogens (tertiary/aromatic N) is 5. The quantitative estimate of drug-likeness (QED) is 0.0925. The summed E-state index contributed by atoms with van der Waals surface area (Å²) in [6.45, 7) is 9.40. The molecule has 18 heteroatoms. The number of benzene rings is 3. The van der Waals surface area contributed by atoms with E-state index in [1.807, 2.05) is 29.2 Å². The highest BCUT2D eigenvalue weighted by Crippen LogP contribution is 2.55. The second kappa shape index (κ2) is 16.6. The molecule has 4 atom stereocenters. The van der Waals surface area contributed by atoms with Gasteiger partial charge in [0.1, 0.15) is 24.0 Å². The molecule has 17 nitrogen and oxygen atoms in total. The number of ether oxygens (including phenoxy) is 4. The van der Waals surface area contributed by atoms with Gasteiger partial charge in [0.25, 0.3) is 21.6 Å². The molecular weight excluding hydrogens is 889 g/mol. The molecule has 5 fully saturated rings. The molecule has 68 heavy (non-hydrogen) atoms.